The summed E-state index contributed by atoms with van der Waals surface area (Å²) in [5.41, 5.74) is 2.19. The molecule has 1 heterocycles. The Kier molecular flexibility index (Phi) is 4.20. The maximum Gasteiger partial charge on any atom is 0.124 e. The Bertz CT molecular complexity index is 614. The molecule has 2 aromatic carbocycles. The number of hydrogen-bond acceptors (Lipinski definition) is 2. The summed E-state index contributed by atoms with van der Waals surface area (Å²) in [5, 5.41) is 3.66. The molecule has 0 saturated carbocycles. The number of para-hydroxylation sites is 1. The fourth-order valence-corrected chi connectivity index (χ4v) is 2.93. The van der Waals surface area contributed by atoms with Gasteiger partial charge in [-0.2, -0.15) is 0 Å². The Balaban J connectivity index is 1.82. The van der Waals surface area contributed by atoms with Gasteiger partial charge in [-0.15, -0.1) is 0 Å². The molecule has 0 fully saturated rings. The second-order valence-electron chi connectivity index (χ2n) is 5.41. The third-order valence-corrected chi connectivity index (χ3v) is 4.02. The van der Waals surface area contributed by atoms with Gasteiger partial charge in [0.15, 0.2) is 0 Å². The highest BCUT2D eigenvalue weighted by Crippen LogP contribution is 2.34. The van der Waals surface area contributed by atoms with E-state index in [9.17, 15) is 4.39 Å². The van der Waals surface area contributed by atoms with E-state index in [4.69, 9.17) is 4.74 Å². The van der Waals surface area contributed by atoms with Gasteiger partial charge in [0.05, 0.1) is 6.61 Å². The Hall–Kier alpha value is -1.87. The Morgan fingerprint density at radius 2 is 2.10 bits per heavy atom. The van der Waals surface area contributed by atoms with Gasteiger partial charge in [0, 0.05) is 24.1 Å². The van der Waals surface area contributed by atoms with Crippen molar-refractivity contribution in [2.45, 2.75) is 31.8 Å². The van der Waals surface area contributed by atoms with Crippen LogP contribution < -0.4 is 10.1 Å². The van der Waals surface area contributed by atoms with E-state index in [0.717, 1.165) is 24.2 Å². The lowest BCUT2D eigenvalue weighted by Crippen LogP contribution is -2.30. The quantitative estimate of drug-likeness (QED) is 0.899. The van der Waals surface area contributed by atoms with Crippen molar-refractivity contribution in [2.75, 3.05) is 6.61 Å². The largest absolute Gasteiger partial charge is 0.493 e. The van der Waals surface area contributed by atoms with Crippen LogP contribution in [0.2, 0.25) is 0 Å². The van der Waals surface area contributed by atoms with Gasteiger partial charge in [0.25, 0.3) is 0 Å². The van der Waals surface area contributed by atoms with E-state index in [1.807, 2.05) is 24.3 Å². The lowest BCUT2D eigenvalue weighted by atomic mass is 9.97. The van der Waals surface area contributed by atoms with E-state index in [-0.39, 0.29) is 17.9 Å². The summed E-state index contributed by atoms with van der Waals surface area (Å²) < 4.78 is 19.1. The van der Waals surface area contributed by atoms with Crippen LogP contribution in [0, 0.1) is 5.82 Å². The molecule has 2 nitrogen and oxygen atoms in total. The summed E-state index contributed by atoms with van der Waals surface area (Å²) in [6.07, 6.45) is 1.85. The van der Waals surface area contributed by atoms with Crippen LogP contribution in [0.3, 0.4) is 0 Å². The van der Waals surface area contributed by atoms with Crippen LogP contribution in [0.15, 0.2) is 48.5 Å². The predicted octanol–water partition coefficient (Wildman–Crippen LogP) is 4.39. The standard InChI is InChI=1S/C18H20FNO/c1-2-16(13-6-5-7-14(19)12-13)20-17-10-11-21-18-9-4-3-8-15(17)18/h3-9,12,16-17,20H,2,10-11H2,1H3. The third-order valence-electron chi connectivity index (χ3n) is 4.02. The molecule has 0 aromatic heterocycles. The van der Waals surface area contributed by atoms with Crippen molar-refractivity contribution in [3.63, 3.8) is 0 Å². The highest BCUT2D eigenvalue weighted by Gasteiger charge is 2.23. The van der Waals surface area contributed by atoms with E-state index in [2.05, 4.69) is 18.3 Å². The van der Waals surface area contributed by atoms with E-state index < -0.39 is 0 Å². The molecule has 2 unspecified atom stereocenters. The first-order valence-electron chi connectivity index (χ1n) is 7.51. The van der Waals surface area contributed by atoms with Crippen molar-refractivity contribution < 1.29 is 9.13 Å². The maximum absolute atomic E-state index is 13.4. The van der Waals surface area contributed by atoms with E-state index in [1.54, 1.807) is 12.1 Å². The minimum absolute atomic E-state index is 0.150. The third kappa shape index (κ3) is 3.08. The Labute approximate surface area is 125 Å². The molecule has 110 valence electrons. The van der Waals surface area contributed by atoms with Crippen LogP contribution in [0.5, 0.6) is 5.75 Å². The van der Waals surface area contributed by atoms with Crippen molar-refractivity contribution >= 4 is 0 Å². The fourth-order valence-electron chi connectivity index (χ4n) is 2.93. The van der Waals surface area contributed by atoms with E-state index in [0.29, 0.717) is 6.61 Å². The number of fused-ring (bicyclic) bond motifs is 1. The summed E-state index contributed by atoms with van der Waals surface area (Å²) in [5.74, 6) is 0.774. The monoisotopic (exact) mass is 285 g/mol. The zero-order valence-electron chi connectivity index (χ0n) is 12.2. The lowest BCUT2D eigenvalue weighted by molar-refractivity contribution is 0.243. The second-order valence-corrected chi connectivity index (χ2v) is 5.41. The van der Waals surface area contributed by atoms with Gasteiger partial charge >= 0.3 is 0 Å². The first-order chi connectivity index (χ1) is 10.3. The molecule has 1 N–H and O–H groups in total. The molecule has 0 radical (unpaired) electrons. The molecule has 3 rings (SSSR count). The average Bonchev–Trinajstić information content (AvgIpc) is 2.52. The van der Waals surface area contributed by atoms with Crippen LogP contribution in [0.1, 0.15) is 43.0 Å². The molecular formula is C18H20FNO. The average molecular weight is 285 g/mol. The van der Waals surface area contributed by atoms with Gasteiger partial charge in [-0.1, -0.05) is 37.3 Å². The zero-order valence-corrected chi connectivity index (χ0v) is 12.2. The number of ether oxygens (including phenoxy) is 1. The van der Waals surface area contributed by atoms with Crippen molar-refractivity contribution in [3.8, 4) is 5.75 Å². The van der Waals surface area contributed by atoms with Crippen molar-refractivity contribution in [3.05, 3.63) is 65.5 Å². The molecule has 0 aliphatic carbocycles. The zero-order chi connectivity index (χ0) is 14.7. The highest BCUT2D eigenvalue weighted by atomic mass is 19.1. The molecule has 0 spiro atoms. The first kappa shape index (κ1) is 14.1. The number of nitrogens with one attached hydrogen (secondary N) is 1. The van der Waals surface area contributed by atoms with E-state index >= 15 is 0 Å². The molecular weight excluding hydrogens is 265 g/mol. The van der Waals surface area contributed by atoms with Crippen LogP contribution >= 0.6 is 0 Å². The molecule has 1 aliphatic rings. The van der Waals surface area contributed by atoms with Crippen LogP contribution in [-0.4, -0.2) is 6.61 Å². The summed E-state index contributed by atoms with van der Waals surface area (Å²) >= 11 is 0. The molecule has 21 heavy (non-hydrogen) atoms. The number of halogens is 1. The van der Waals surface area contributed by atoms with Gasteiger partial charge in [0.1, 0.15) is 11.6 Å². The summed E-state index contributed by atoms with van der Waals surface area (Å²) in [6, 6.07) is 15.4. The predicted molar refractivity (Wildman–Crippen MR) is 81.9 cm³/mol. The van der Waals surface area contributed by atoms with E-state index in [1.165, 1.54) is 11.6 Å². The molecule has 0 amide bonds. The molecule has 1 aliphatic heterocycles. The van der Waals surface area contributed by atoms with Gasteiger partial charge in [0.2, 0.25) is 0 Å². The normalized spacial score (nSPS) is 18.7. The molecule has 2 aromatic rings. The summed E-state index contributed by atoms with van der Waals surface area (Å²) in [4.78, 5) is 0. The molecule has 2 atom stereocenters. The van der Waals surface area contributed by atoms with Crippen LogP contribution in [0.4, 0.5) is 4.39 Å². The topological polar surface area (TPSA) is 21.3 Å². The molecule has 3 heteroatoms. The maximum atomic E-state index is 13.4. The van der Waals surface area contributed by atoms with Gasteiger partial charge in [-0.25, -0.2) is 4.39 Å². The minimum atomic E-state index is -0.180. The Morgan fingerprint density at radius 1 is 1.24 bits per heavy atom. The number of rotatable bonds is 4. The fraction of sp³-hybridized carbons (Fsp3) is 0.333. The first-order valence-corrected chi connectivity index (χ1v) is 7.51. The van der Waals surface area contributed by atoms with Crippen molar-refractivity contribution in [2.24, 2.45) is 0 Å². The minimum Gasteiger partial charge on any atom is -0.493 e. The highest BCUT2D eigenvalue weighted by molar-refractivity contribution is 5.37. The smallest absolute Gasteiger partial charge is 0.124 e. The second kappa shape index (κ2) is 6.27. The van der Waals surface area contributed by atoms with Gasteiger partial charge in [-0.05, 0) is 30.2 Å². The Morgan fingerprint density at radius 3 is 2.90 bits per heavy atom. The van der Waals surface area contributed by atoms with Gasteiger partial charge in [-0.3, -0.25) is 0 Å². The lowest BCUT2D eigenvalue weighted by Gasteiger charge is -2.30. The number of benzene rings is 2. The van der Waals surface area contributed by atoms with Crippen LogP contribution in [-0.2, 0) is 0 Å². The molecule has 0 saturated heterocycles. The van der Waals surface area contributed by atoms with Crippen LogP contribution in [0.25, 0.3) is 0 Å². The van der Waals surface area contributed by atoms with Crippen molar-refractivity contribution in [1.82, 2.24) is 5.32 Å². The number of hydrogen-bond donors (Lipinski definition) is 1. The van der Waals surface area contributed by atoms with Crippen molar-refractivity contribution in [1.29, 1.82) is 0 Å². The summed E-state index contributed by atoms with van der Waals surface area (Å²) in [7, 11) is 0. The molecule has 0 bridgehead atoms. The van der Waals surface area contributed by atoms with Gasteiger partial charge < -0.3 is 10.1 Å². The SMILES string of the molecule is CCC(NC1CCOc2ccccc21)c1cccc(F)c1. The summed E-state index contributed by atoms with van der Waals surface area (Å²) in [6.45, 7) is 2.84.